The lowest BCUT2D eigenvalue weighted by Crippen LogP contribution is -2.34. The molecule has 0 bridgehead atoms. The number of aryl methyl sites for hydroxylation is 1. The highest BCUT2D eigenvalue weighted by Gasteiger charge is 2.37. The van der Waals surface area contributed by atoms with E-state index in [9.17, 15) is 9.59 Å². The molecule has 0 fully saturated rings. The molecule has 0 unspecified atom stereocenters. The fourth-order valence-electron chi connectivity index (χ4n) is 4.07. The maximum Gasteiger partial charge on any atom is 0.328 e. The van der Waals surface area contributed by atoms with Crippen LogP contribution >= 0.6 is 0 Å². The lowest BCUT2D eigenvalue weighted by atomic mass is 9.62. The van der Waals surface area contributed by atoms with E-state index in [1.165, 1.54) is 17.2 Å². The van der Waals surface area contributed by atoms with Crippen molar-refractivity contribution in [1.82, 2.24) is 0 Å². The Morgan fingerprint density at radius 2 is 1.57 bits per heavy atom. The van der Waals surface area contributed by atoms with E-state index in [0.29, 0.717) is 11.1 Å². The minimum Gasteiger partial charge on any atom is -0.478 e. The van der Waals surface area contributed by atoms with Gasteiger partial charge in [-0.25, -0.2) is 4.79 Å². The van der Waals surface area contributed by atoms with Crippen LogP contribution in [-0.2, 0) is 15.6 Å². The Balaban J connectivity index is 2.07. The summed E-state index contributed by atoms with van der Waals surface area (Å²) >= 11 is 0. The van der Waals surface area contributed by atoms with Gasteiger partial charge < -0.3 is 5.11 Å². The molecule has 0 radical (unpaired) electrons. The predicted octanol–water partition coefficient (Wildman–Crippen LogP) is 5.67. The third-order valence-corrected chi connectivity index (χ3v) is 6.01. The summed E-state index contributed by atoms with van der Waals surface area (Å²) in [6, 6.07) is 11.4. The zero-order chi connectivity index (χ0) is 20.7. The Hall–Kier alpha value is -2.68. The maximum absolute atomic E-state index is 13.3. The summed E-state index contributed by atoms with van der Waals surface area (Å²) in [5.41, 5.74) is 5.74. The van der Waals surface area contributed by atoms with E-state index in [2.05, 4.69) is 39.8 Å². The van der Waals surface area contributed by atoms with Crippen LogP contribution in [0.15, 0.2) is 42.5 Å². The van der Waals surface area contributed by atoms with Crippen molar-refractivity contribution < 1.29 is 14.7 Å². The second kappa shape index (κ2) is 7.05. The second-order valence-electron chi connectivity index (χ2n) is 9.11. The molecule has 3 nitrogen and oxygen atoms in total. The minimum absolute atomic E-state index is 0.0231. The van der Waals surface area contributed by atoms with Gasteiger partial charge in [0.25, 0.3) is 0 Å². The van der Waals surface area contributed by atoms with Crippen LogP contribution in [0.3, 0.4) is 0 Å². The van der Waals surface area contributed by atoms with Gasteiger partial charge in [-0.2, -0.15) is 0 Å². The summed E-state index contributed by atoms with van der Waals surface area (Å²) in [6.07, 6.45) is 4.82. The number of carboxylic acid groups (broad SMARTS) is 1. The first-order valence-electron chi connectivity index (χ1n) is 9.73. The summed E-state index contributed by atoms with van der Waals surface area (Å²) in [7, 11) is 0. The van der Waals surface area contributed by atoms with Gasteiger partial charge in [-0.3, -0.25) is 4.79 Å². The average molecular weight is 376 g/mol. The number of hydrogen-bond donors (Lipinski definition) is 1. The average Bonchev–Trinajstić information content (AvgIpc) is 2.63. The van der Waals surface area contributed by atoms with E-state index in [1.54, 1.807) is 24.3 Å². The summed E-state index contributed by atoms with van der Waals surface area (Å²) in [6.45, 7) is 11.1. The van der Waals surface area contributed by atoms with Gasteiger partial charge >= 0.3 is 5.97 Å². The van der Waals surface area contributed by atoms with Crippen LogP contribution in [0.5, 0.6) is 0 Å². The van der Waals surface area contributed by atoms with Crippen LogP contribution in [0.1, 0.15) is 78.7 Å². The Bertz CT molecular complexity index is 977. The molecule has 3 rings (SSSR count). The molecule has 1 N–H and O–H groups in total. The van der Waals surface area contributed by atoms with E-state index in [1.807, 2.05) is 6.92 Å². The molecule has 3 heteroatoms. The normalized spacial score (nSPS) is 17.3. The van der Waals surface area contributed by atoms with Crippen molar-refractivity contribution in [2.45, 2.75) is 58.3 Å². The Labute approximate surface area is 167 Å². The molecular formula is C25H28O3. The SMILES string of the molecule is Cc1cc2c(cc1C(=O)c1cccc(/C=C/C(=O)O)c1)C(C)(C)CCC2(C)C. The first kappa shape index (κ1) is 20.1. The number of hydrogen-bond acceptors (Lipinski definition) is 2. The van der Waals surface area contributed by atoms with Gasteiger partial charge in [0.1, 0.15) is 0 Å². The molecule has 1 aliphatic carbocycles. The number of carbonyl (C=O) groups excluding carboxylic acids is 1. The van der Waals surface area contributed by atoms with Crippen molar-refractivity contribution in [1.29, 1.82) is 0 Å². The lowest BCUT2D eigenvalue weighted by Gasteiger charge is -2.42. The Morgan fingerprint density at radius 3 is 2.18 bits per heavy atom. The van der Waals surface area contributed by atoms with Crippen molar-refractivity contribution in [2.75, 3.05) is 0 Å². The second-order valence-corrected chi connectivity index (χ2v) is 9.11. The molecule has 0 atom stereocenters. The maximum atomic E-state index is 13.3. The molecule has 0 aromatic heterocycles. The largest absolute Gasteiger partial charge is 0.478 e. The predicted molar refractivity (Wildman–Crippen MR) is 113 cm³/mol. The van der Waals surface area contributed by atoms with E-state index < -0.39 is 5.97 Å². The fraction of sp³-hybridized carbons (Fsp3) is 0.360. The smallest absolute Gasteiger partial charge is 0.328 e. The number of carbonyl (C=O) groups is 2. The van der Waals surface area contributed by atoms with Crippen molar-refractivity contribution in [3.8, 4) is 0 Å². The molecule has 146 valence electrons. The van der Waals surface area contributed by atoms with Gasteiger partial charge in [-0.1, -0.05) is 52.0 Å². The number of ketones is 1. The standard InChI is InChI=1S/C25H28O3/c1-16-13-20-21(25(4,5)12-11-24(20,2)3)15-19(16)23(28)18-8-6-7-17(14-18)9-10-22(26)27/h6-10,13-15H,11-12H2,1-5H3,(H,26,27)/b10-9+. The van der Waals surface area contributed by atoms with E-state index in [-0.39, 0.29) is 16.6 Å². The topological polar surface area (TPSA) is 54.4 Å². The molecule has 0 saturated carbocycles. The number of aliphatic carboxylic acids is 1. The number of carboxylic acids is 1. The van der Waals surface area contributed by atoms with Crippen molar-refractivity contribution in [3.05, 3.63) is 75.9 Å². The number of benzene rings is 2. The van der Waals surface area contributed by atoms with Gasteiger partial charge in [0, 0.05) is 17.2 Å². The van der Waals surface area contributed by atoms with Gasteiger partial charge in [0.2, 0.25) is 0 Å². The van der Waals surface area contributed by atoms with Crippen molar-refractivity contribution >= 4 is 17.8 Å². The highest BCUT2D eigenvalue weighted by Crippen LogP contribution is 2.46. The van der Waals surface area contributed by atoms with Crippen LogP contribution in [0, 0.1) is 6.92 Å². The van der Waals surface area contributed by atoms with Crippen molar-refractivity contribution in [3.63, 3.8) is 0 Å². The van der Waals surface area contributed by atoms with E-state index >= 15 is 0 Å². The fourth-order valence-corrected chi connectivity index (χ4v) is 4.07. The molecule has 0 aliphatic heterocycles. The minimum atomic E-state index is -1.01. The molecule has 0 heterocycles. The van der Waals surface area contributed by atoms with Gasteiger partial charge in [0.05, 0.1) is 0 Å². The van der Waals surface area contributed by atoms with Crippen molar-refractivity contribution in [2.24, 2.45) is 0 Å². The number of rotatable bonds is 4. The first-order chi connectivity index (χ1) is 13.0. The quantitative estimate of drug-likeness (QED) is 0.552. The summed E-state index contributed by atoms with van der Waals surface area (Å²) in [5.74, 6) is -1.03. The molecule has 0 amide bonds. The van der Waals surface area contributed by atoms with Crippen LogP contribution in [0.4, 0.5) is 0 Å². The first-order valence-corrected chi connectivity index (χ1v) is 9.73. The highest BCUT2D eigenvalue weighted by molar-refractivity contribution is 6.10. The van der Waals surface area contributed by atoms with Crippen LogP contribution in [-0.4, -0.2) is 16.9 Å². The van der Waals surface area contributed by atoms with E-state index in [4.69, 9.17) is 5.11 Å². The van der Waals surface area contributed by atoms with Crippen LogP contribution in [0.2, 0.25) is 0 Å². The molecule has 2 aromatic rings. The zero-order valence-corrected chi connectivity index (χ0v) is 17.3. The lowest BCUT2D eigenvalue weighted by molar-refractivity contribution is -0.131. The van der Waals surface area contributed by atoms with E-state index in [0.717, 1.165) is 30.0 Å². The Morgan fingerprint density at radius 1 is 0.964 bits per heavy atom. The monoisotopic (exact) mass is 376 g/mol. The van der Waals surface area contributed by atoms with Crippen LogP contribution in [0.25, 0.3) is 6.08 Å². The molecule has 0 saturated heterocycles. The van der Waals surface area contributed by atoms with Crippen LogP contribution < -0.4 is 0 Å². The molecule has 28 heavy (non-hydrogen) atoms. The third kappa shape index (κ3) is 3.80. The Kier molecular flexibility index (Phi) is 5.05. The van der Waals surface area contributed by atoms with Gasteiger partial charge in [-0.15, -0.1) is 0 Å². The van der Waals surface area contributed by atoms with Gasteiger partial charge in [-0.05, 0) is 71.1 Å². The summed E-state index contributed by atoms with van der Waals surface area (Å²) in [5, 5.41) is 8.82. The molecular weight excluding hydrogens is 348 g/mol. The number of fused-ring (bicyclic) bond motifs is 1. The summed E-state index contributed by atoms with van der Waals surface area (Å²) < 4.78 is 0. The molecule has 1 aliphatic rings. The molecule has 0 spiro atoms. The zero-order valence-electron chi connectivity index (χ0n) is 17.3. The van der Waals surface area contributed by atoms with Gasteiger partial charge in [0.15, 0.2) is 5.78 Å². The molecule has 2 aromatic carbocycles. The third-order valence-electron chi connectivity index (χ3n) is 6.01. The summed E-state index contributed by atoms with van der Waals surface area (Å²) in [4.78, 5) is 24.0. The highest BCUT2D eigenvalue weighted by atomic mass is 16.4.